The summed E-state index contributed by atoms with van der Waals surface area (Å²) >= 11 is 1.62. The maximum absolute atomic E-state index is 11.5. The number of rotatable bonds is 4. The summed E-state index contributed by atoms with van der Waals surface area (Å²) in [5, 5.41) is 3.76. The smallest absolute Gasteiger partial charge is 0.360 e. The van der Waals surface area contributed by atoms with E-state index in [4.69, 9.17) is 9.15 Å². The highest BCUT2D eigenvalue weighted by molar-refractivity contribution is 7.15. The van der Waals surface area contributed by atoms with E-state index in [-0.39, 0.29) is 11.7 Å². The summed E-state index contributed by atoms with van der Waals surface area (Å²) in [5.41, 5.74) is 1.33. The van der Waals surface area contributed by atoms with E-state index in [0.29, 0.717) is 6.61 Å². The minimum absolute atomic E-state index is 0.163. The van der Waals surface area contributed by atoms with Crippen LogP contribution in [-0.4, -0.2) is 22.5 Å². The third-order valence-electron chi connectivity index (χ3n) is 3.05. The van der Waals surface area contributed by atoms with Gasteiger partial charge in [0, 0.05) is 4.88 Å². The van der Waals surface area contributed by atoms with Crippen molar-refractivity contribution in [3.63, 3.8) is 0 Å². The number of aromatic nitrogens is 2. The van der Waals surface area contributed by atoms with Crippen LogP contribution in [0.2, 0.25) is 0 Å². The first kappa shape index (κ1) is 13.1. The molecule has 0 atom stereocenters. The Hall–Kier alpha value is -1.89. The summed E-state index contributed by atoms with van der Waals surface area (Å²) in [6.45, 7) is 2.06. The average molecular weight is 293 g/mol. The van der Waals surface area contributed by atoms with Gasteiger partial charge in [-0.05, 0) is 32.6 Å². The molecule has 6 nitrogen and oxygen atoms in total. The minimum atomic E-state index is -0.484. The predicted molar refractivity (Wildman–Crippen MR) is 74.5 cm³/mol. The van der Waals surface area contributed by atoms with E-state index in [2.05, 4.69) is 15.3 Å². The molecule has 2 heterocycles. The van der Waals surface area contributed by atoms with Crippen molar-refractivity contribution < 1.29 is 13.9 Å². The van der Waals surface area contributed by atoms with Gasteiger partial charge in [-0.15, -0.1) is 11.3 Å². The molecule has 0 aliphatic heterocycles. The molecule has 0 radical (unpaired) electrons. The van der Waals surface area contributed by atoms with Crippen molar-refractivity contribution in [1.29, 1.82) is 0 Å². The van der Waals surface area contributed by atoms with Gasteiger partial charge in [-0.1, -0.05) is 0 Å². The molecule has 20 heavy (non-hydrogen) atoms. The standard InChI is InChI=1S/C13H15N3O3S/c1-2-18-11(17)9-7-19-12(14-9)16-13-15-8-5-3-4-6-10(8)20-13/h7H,2-6H2,1H3,(H,14,15,16). The molecule has 106 valence electrons. The lowest BCUT2D eigenvalue weighted by atomic mass is 10.0. The molecule has 2 aromatic heterocycles. The Morgan fingerprint density at radius 3 is 3.10 bits per heavy atom. The number of carbonyl (C=O) groups excluding carboxylic acids is 1. The van der Waals surface area contributed by atoms with Crippen molar-refractivity contribution in [2.45, 2.75) is 32.6 Å². The van der Waals surface area contributed by atoms with Crippen LogP contribution in [-0.2, 0) is 17.6 Å². The SMILES string of the molecule is CCOC(=O)c1coc(Nc2nc3c(s2)CCCC3)n1. The number of ether oxygens (including phenoxy) is 1. The molecule has 1 N–H and O–H groups in total. The monoisotopic (exact) mass is 293 g/mol. The molecule has 0 fully saturated rings. The van der Waals surface area contributed by atoms with Gasteiger partial charge in [-0.3, -0.25) is 5.32 Å². The molecule has 0 spiro atoms. The lowest BCUT2D eigenvalue weighted by Crippen LogP contribution is -2.05. The molecule has 0 unspecified atom stereocenters. The van der Waals surface area contributed by atoms with Gasteiger partial charge in [0.1, 0.15) is 6.26 Å². The summed E-state index contributed by atoms with van der Waals surface area (Å²) in [6, 6.07) is 0.263. The quantitative estimate of drug-likeness (QED) is 0.873. The molecule has 1 aliphatic rings. The second-order valence-electron chi connectivity index (χ2n) is 4.48. The van der Waals surface area contributed by atoms with Crippen LogP contribution in [0.4, 0.5) is 11.1 Å². The largest absolute Gasteiger partial charge is 0.461 e. The Labute approximate surface area is 120 Å². The number of nitrogens with one attached hydrogen (secondary N) is 1. The number of aryl methyl sites for hydroxylation is 2. The van der Waals surface area contributed by atoms with Gasteiger partial charge in [-0.2, -0.15) is 4.98 Å². The van der Waals surface area contributed by atoms with E-state index in [9.17, 15) is 4.79 Å². The molecular weight excluding hydrogens is 278 g/mol. The van der Waals surface area contributed by atoms with Gasteiger partial charge in [0.15, 0.2) is 10.8 Å². The van der Waals surface area contributed by atoms with E-state index < -0.39 is 5.97 Å². The third-order valence-corrected chi connectivity index (χ3v) is 4.12. The Bertz CT molecular complexity index is 597. The number of thiazole rings is 1. The van der Waals surface area contributed by atoms with Crippen molar-refractivity contribution in [2.75, 3.05) is 11.9 Å². The highest BCUT2D eigenvalue weighted by atomic mass is 32.1. The van der Waals surface area contributed by atoms with E-state index >= 15 is 0 Å². The van der Waals surface area contributed by atoms with Crippen molar-refractivity contribution in [3.8, 4) is 0 Å². The zero-order valence-corrected chi connectivity index (χ0v) is 12.0. The number of fused-ring (bicyclic) bond motifs is 1. The number of anilines is 2. The summed E-state index contributed by atoms with van der Waals surface area (Å²) < 4.78 is 10.1. The van der Waals surface area contributed by atoms with Crippen LogP contribution in [0.1, 0.15) is 40.8 Å². The average Bonchev–Trinajstić information content (AvgIpc) is 3.05. The lowest BCUT2D eigenvalue weighted by molar-refractivity contribution is 0.0519. The maximum atomic E-state index is 11.5. The van der Waals surface area contributed by atoms with Gasteiger partial charge in [0.25, 0.3) is 0 Å². The first-order valence-electron chi connectivity index (χ1n) is 6.64. The second-order valence-corrected chi connectivity index (χ2v) is 5.56. The molecule has 1 aliphatic carbocycles. The second kappa shape index (κ2) is 5.62. The van der Waals surface area contributed by atoms with Crippen LogP contribution < -0.4 is 5.32 Å². The summed E-state index contributed by atoms with van der Waals surface area (Å²) in [5.74, 6) is -0.484. The molecule has 0 aromatic carbocycles. The highest BCUT2D eigenvalue weighted by Gasteiger charge is 2.17. The number of hydrogen-bond donors (Lipinski definition) is 1. The zero-order valence-electron chi connectivity index (χ0n) is 11.1. The molecule has 0 bridgehead atoms. The number of esters is 1. The van der Waals surface area contributed by atoms with Crippen LogP contribution in [0.3, 0.4) is 0 Å². The molecule has 2 aromatic rings. The van der Waals surface area contributed by atoms with E-state index in [0.717, 1.165) is 18.0 Å². The summed E-state index contributed by atoms with van der Waals surface area (Å²) in [6.07, 6.45) is 5.83. The fourth-order valence-corrected chi connectivity index (χ4v) is 3.17. The van der Waals surface area contributed by atoms with Crippen LogP contribution in [0, 0.1) is 0 Å². The number of carbonyl (C=O) groups is 1. The maximum Gasteiger partial charge on any atom is 0.360 e. The number of oxazole rings is 1. The van der Waals surface area contributed by atoms with E-state index in [1.165, 1.54) is 29.7 Å². The van der Waals surface area contributed by atoms with E-state index in [1.54, 1.807) is 18.3 Å². The van der Waals surface area contributed by atoms with Crippen LogP contribution in [0.15, 0.2) is 10.7 Å². The van der Waals surface area contributed by atoms with Crippen LogP contribution >= 0.6 is 11.3 Å². The van der Waals surface area contributed by atoms with Crippen molar-refractivity contribution >= 4 is 28.5 Å². The first-order chi connectivity index (χ1) is 9.76. The Morgan fingerprint density at radius 1 is 1.45 bits per heavy atom. The van der Waals surface area contributed by atoms with Crippen LogP contribution in [0.25, 0.3) is 0 Å². The lowest BCUT2D eigenvalue weighted by Gasteiger charge is -2.06. The van der Waals surface area contributed by atoms with Crippen molar-refractivity contribution in [3.05, 3.63) is 22.5 Å². The molecule has 0 saturated carbocycles. The summed E-state index contributed by atoms with van der Waals surface area (Å²) in [7, 11) is 0. The molecule has 7 heteroatoms. The number of hydrogen-bond acceptors (Lipinski definition) is 7. The fraction of sp³-hybridized carbons (Fsp3) is 0.462. The minimum Gasteiger partial charge on any atom is -0.461 e. The van der Waals surface area contributed by atoms with Gasteiger partial charge in [0.2, 0.25) is 0 Å². The van der Waals surface area contributed by atoms with E-state index in [1.807, 2.05) is 0 Å². The molecule has 0 amide bonds. The summed E-state index contributed by atoms with van der Waals surface area (Å²) in [4.78, 5) is 21.4. The van der Waals surface area contributed by atoms with Crippen LogP contribution in [0.5, 0.6) is 0 Å². The molecule has 3 rings (SSSR count). The predicted octanol–water partition coefficient (Wildman–Crippen LogP) is 2.93. The molecule has 0 saturated heterocycles. The van der Waals surface area contributed by atoms with Gasteiger partial charge < -0.3 is 9.15 Å². The van der Waals surface area contributed by atoms with Crippen molar-refractivity contribution in [2.24, 2.45) is 0 Å². The topological polar surface area (TPSA) is 77.2 Å². The normalized spacial score (nSPS) is 13.8. The highest BCUT2D eigenvalue weighted by Crippen LogP contribution is 2.31. The Balaban J connectivity index is 1.71. The number of nitrogens with zero attached hydrogens (tertiary/aromatic N) is 2. The first-order valence-corrected chi connectivity index (χ1v) is 7.46. The van der Waals surface area contributed by atoms with Gasteiger partial charge in [-0.25, -0.2) is 9.78 Å². The third kappa shape index (κ3) is 2.67. The Kier molecular flexibility index (Phi) is 3.68. The van der Waals surface area contributed by atoms with Gasteiger partial charge >= 0.3 is 12.0 Å². The van der Waals surface area contributed by atoms with Gasteiger partial charge in [0.05, 0.1) is 12.3 Å². The van der Waals surface area contributed by atoms with Crippen molar-refractivity contribution in [1.82, 2.24) is 9.97 Å². The zero-order chi connectivity index (χ0) is 13.9. The molecular formula is C13H15N3O3S. The Morgan fingerprint density at radius 2 is 2.30 bits per heavy atom. The fourth-order valence-electron chi connectivity index (χ4n) is 2.13.